The van der Waals surface area contributed by atoms with Crippen molar-refractivity contribution in [2.24, 2.45) is 0 Å². The van der Waals surface area contributed by atoms with Crippen LogP contribution in [-0.2, 0) is 19.6 Å². The standard InChI is InChI=1S/C26H33N3O5S/c1-19-8-5-12-24(20(19)2)27-25(30)18-28(17-22-10-7-15-34-22)26(31)21-9-6-11-23(16-21)35(32,33)29-13-3-4-14-29/h5-6,8-9,11-12,16,22H,3-4,7,10,13-15,17-18H2,1-2H3,(H,27,30)/t22-/m1/s1. The minimum atomic E-state index is -3.66. The van der Waals surface area contributed by atoms with Gasteiger partial charge in [0.2, 0.25) is 15.9 Å². The Morgan fingerprint density at radius 3 is 2.54 bits per heavy atom. The number of sulfonamides is 1. The number of anilines is 1. The minimum absolute atomic E-state index is 0.0992. The molecule has 9 heteroatoms. The lowest BCUT2D eigenvalue weighted by Crippen LogP contribution is -2.42. The van der Waals surface area contributed by atoms with Crippen LogP contribution in [0.4, 0.5) is 5.69 Å². The average Bonchev–Trinajstić information content (AvgIpc) is 3.56. The normalized spacial score (nSPS) is 18.5. The van der Waals surface area contributed by atoms with E-state index in [4.69, 9.17) is 4.74 Å². The highest BCUT2D eigenvalue weighted by molar-refractivity contribution is 7.89. The molecule has 0 aromatic heterocycles. The number of nitrogens with zero attached hydrogens (tertiary/aromatic N) is 2. The number of carbonyl (C=O) groups excluding carboxylic acids is 2. The summed E-state index contributed by atoms with van der Waals surface area (Å²) in [4.78, 5) is 28.0. The molecule has 2 saturated heterocycles. The topological polar surface area (TPSA) is 96.0 Å². The van der Waals surface area contributed by atoms with Crippen LogP contribution in [-0.4, -0.2) is 68.3 Å². The maximum absolute atomic E-state index is 13.5. The molecule has 2 fully saturated rings. The van der Waals surface area contributed by atoms with Gasteiger partial charge in [-0.1, -0.05) is 18.2 Å². The number of benzene rings is 2. The molecule has 0 aliphatic carbocycles. The van der Waals surface area contributed by atoms with E-state index in [0.29, 0.717) is 25.4 Å². The largest absolute Gasteiger partial charge is 0.376 e. The van der Waals surface area contributed by atoms with Gasteiger partial charge in [-0.3, -0.25) is 9.59 Å². The Balaban J connectivity index is 1.55. The number of rotatable bonds is 8. The Kier molecular flexibility index (Phi) is 7.88. The Bertz CT molecular complexity index is 1190. The van der Waals surface area contributed by atoms with Crippen LogP contribution in [0.25, 0.3) is 0 Å². The van der Waals surface area contributed by atoms with Crippen LogP contribution in [0.5, 0.6) is 0 Å². The SMILES string of the molecule is Cc1cccc(NC(=O)CN(C[C@H]2CCCO2)C(=O)c2cccc(S(=O)(=O)N3CCCC3)c2)c1C. The van der Waals surface area contributed by atoms with Crippen LogP contribution in [0.15, 0.2) is 47.4 Å². The van der Waals surface area contributed by atoms with E-state index in [0.717, 1.165) is 36.8 Å². The van der Waals surface area contributed by atoms with Gasteiger partial charge in [0.05, 0.1) is 11.0 Å². The number of hydrogen-bond acceptors (Lipinski definition) is 5. The second-order valence-electron chi connectivity index (χ2n) is 9.26. The van der Waals surface area contributed by atoms with E-state index in [-0.39, 0.29) is 35.6 Å². The van der Waals surface area contributed by atoms with Gasteiger partial charge in [-0.05, 0) is 74.9 Å². The monoisotopic (exact) mass is 499 g/mol. The zero-order valence-electron chi connectivity index (χ0n) is 20.3. The van der Waals surface area contributed by atoms with Crippen LogP contribution >= 0.6 is 0 Å². The number of amides is 2. The van der Waals surface area contributed by atoms with E-state index < -0.39 is 15.9 Å². The van der Waals surface area contributed by atoms with Crippen LogP contribution in [0.2, 0.25) is 0 Å². The summed E-state index contributed by atoms with van der Waals surface area (Å²) in [6.07, 6.45) is 3.24. The predicted molar refractivity (Wildman–Crippen MR) is 134 cm³/mol. The fraction of sp³-hybridized carbons (Fsp3) is 0.462. The molecule has 0 spiro atoms. The highest BCUT2D eigenvalue weighted by Gasteiger charge is 2.29. The number of carbonyl (C=O) groups is 2. The second kappa shape index (κ2) is 10.9. The van der Waals surface area contributed by atoms with Gasteiger partial charge in [0.15, 0.2) is 0 Å². The maximum atomic E-state index is 13.5. The molecule has 4 rings (SSSR count). The van der Waals surface area contributed by atoms with E-state index in [1.165, 1.54) is 21.3 Å². The summed E-state index contributed by atoms with van der Waals surface area (Å²) in [6.45, 7) is 5.63. The Morgan fingerprint density at radius 2 is 1.83 bits per heavy atom. The van der Waals surface area contributed by atoms with E-state index >= 15 is 0 Å². The highest BCUT2D eigenvalue weighted by atomic mass is 32.2. The van der Waals surface area contributed by atoms with Crippen LogP contribution in [0.1, 0.15) is 47.2 Å². The molecule has 0 radical (unpaired) electrons. The highest BCUT2D eigenvalue weighted by Crippen LogP contribution is 2.23. The molecule has 35 heavy (non-hydrogen) atoms. The van der Waals surface area contributed by atoms with Crippen LogP contribution in [0, 0.1) is 13.8 Å². The number of aryl methyl sites for hydroxylation is 1. The molecule has 188 valence electrons. The summed E-state index contributed by atoms with van der Waals surface area (Å²) >= 11 is 0. The lowest BCUT2D eigenvalue weighted by molar-refractivity contribution is -0.117. The van der Waals surface area contributed by atoms with Crippen LogP contribution in [0.3, 0.4) is 0 Å². The summed E-state index contributed by atoms with van der Waals surface area (Å²) < 4.78 is 33.2. The van der Waals surface area contributed by atoms with Gasteiger partial charge in [0.1, 0.15) is 6.54 Å². The van der Waals surface area contributed by atoms with Crippen LogP contribution < -0.4 is 5.32 Å². The first kappa shape index (κ1) is 25.3. The van der Waals surface area contributed by atoms with E-state index in [2.05, 4.69) is 5.32 Å². The zero-order valence-corrected chi connectivity index (χ0v) is 21.1. The molecule has 8 nitrogen and oxygen atoms in total. The van der Waals surface area contributed by atoms with Crippen molar-refractivity contribution in [1.29, 1.82) is 0 Å². The molecule has 2 aliphatic heterocycles. The maximum Gasteiger partial charge on any atom is 0.254 e. The molecular formula is C26H33N3O5S. The van der Waals surface area contributed by atoms with Crippen molar-refractivity contribution in [3.05, 3.63) is 59.2 Å². The zero-order chi connectivity index (χ0) is 25.0. The summed E-state index contributed by atoms with van der Waals surface area (Å²) in [5.74, 6) is -0.707. The third-order valence-corrected chi connectivity index (χ3v) is 8.63. The molecule has 0 bridgehead atoms. The average molecular weight is 500 g/mol. The fourth-order valence-corrected chi connectivity index (χ4v) is 6.12. The van der Waals surface area contributed by atoms with Crippen molar-refractivity contribution in [3.8, 4) is 0 Å². The first-order chi connectivity index (χ1) is 16.8. The lowest BCUT2D eigenvalue weighted by Gasteiger charge is -2.25. The first-order valence-corrected chi connectivity index (χ1v) is 13.6. The fourth-order valence-electron chi connectivity index (χ4n) is 4.55. The van der Waals surface area contributed by atoms with Crippen molar-refractivity contribution < 1.29 is 22.7 Å². The second-order valence-corrected chi connectivity index (χ2v) is 11.2. The van der Waals surface area contributed by atoms with Gasteiger partial charge in [-0.25, -0.2) is 8.42 Å². The van der Waals surface area contributed by atoms with Crippen molar-refractivity contribution in [2.75, 3.05) is 38.1 Å². The van der Waals surface area contributed by atoms with Crippen molar-refractivity contribution in [3.63, 3.8) is 0 Å². The molecule has 1 N–H and O–H groups in total. The van der Waals surface area contributed by atoms with Gasteiger partial charge in [0.25, 0.3) is 5.91 Å². The van der Waals surface area contributed by atoms with E-state index in [1.54, 1.807) is 12.1 Å². The third kappa shape index (κ3) is 5.91. The first-order valence-electron chi connectivity index (χ1n) is 12.1. The Hall–Kier alpha value is -2.75. The summed E-state index contributed by atoms with van der Waals surface area (Å²) in [5.41, 5.74) is 2.98. The minimum Gasteiger partial charge on any atom is -0.376 e. The Morgan fingerprint density at radius 1 is 1.09 bits per heavy atom. The number of nitrogens with one attached hydrogen (secondary N) is 1. The third-order valence-electron chi connectivity index (χ3n) is 6.73. The smallest absolute Gasteiger partial charge is 0.254 e. The quantitative estimate of drug-likeness (QED) is 0.601. The number of hydrogen-bond donors (Lipinski definition) is 1. The molecule has 0 saturated carbocycles. The molecule has 0 unspecified atom stereocenters. The molecule has 2 aromatic rings. The van der Waals surface area contributed by atoms with Crippen molar-refractivity contribution >= 4 is 27.5 Å². The molecule has 2 amide bonds. The van der Waals surface area contributed by atoms with E-state index in [1.807, 2.05) is 32.0 Å². The molecule has 2 heterocycles. The van der Waals surface area contributed by atoms with Gasteiger partial charge in [0, 0.05) is 37.5 Å². The van der Waals surface area contributed by atoms with Crippen molar-refractivity contribution in [1.82, 2.24) is 9.21 Å². The molecule has 2 aromatic carbocycles. The van der Waals surface area contributed by atoms with Gasteiger partial charge < -0.3 is 15.0 Å². The summed E-state index contributed by atoms with van der Waals surface area (Å²) in [5, 5.41) is 2.91. The lowest BCUT2D eigenvalue weighted by atomic mass is 10.1. The van der Waals surface area contributed by atoms with Gasteiger partial charge >= 0.3 is 0 Å². The molecular weight excluding hydrogens is 466 g/mol. The molecule has 1 atom stereocenters. The predicted octanol–water partition coefficient (Wildman–Crippen LogP) is 3.35. The van der Waals surface area contributed by atoms with Gasteiger partial charge in [-0.15, -0.1) is 0 Å². The summed E-state index contributed by atoms with van der Waals surface area (Å²) in [6, 6.07) is 11.8. The number of ether oxygens (including phenoxy) is 1. The molecule has 2 aliphatic rings. The van der Waals surface area contributed by atoms with Crippen molar-refractivity contribution in [2.45, 2.75) is 50.5 Å². The van der Waals surface area contributed by atoms with Gasteiger partial charge in [-0.2, -0.15) is 4.31 Å². The summed E-state index contributed by atoms with van der Waals surface area (Å²) in [7, 11) is -3.66. The Labute approximate surface area is 207 Å². The van der Waals surface area contributed by atoms with E-state index in [9.17, 15) is 18.0 Å².